The summed E-state index contributed by atoms with van der Waals surface area (Å²) >= 11 is 1.56. The van der Waals surface area contributed by atoms with Gasteiger partial charge in [0, 0.05) is 22.8 Å². The number of carbonyl (C=O) groups excluding carboxylic acids is 1. The Labute approximate surface area is 96.7 Å². The van der Waals surface area contributed by atoms with Gasteiger partial charge in [-0.2, -0.15) is 5.10 Å². The SMILES string of the molecule is O=C(N/N=C\c1cccs1)c1ccncc1. The molecule has 0 fully saturated rings. The first-order valence-electron chi connectivity index (χ1n) is 4.63. The second kappa shape index (κ2) is 5.18. The Morgan fingerprint density at radius 3 is 2.88 bits per heavy atom. The van der Waals surface area contributed by atoms with E-state index >= 15 is 0 Å². The van der Waals surface area contributed by atoms with Gasteiger partial charge in [0.2, 0.25) is 0 Å². The number of amides is 1. The highest BCUT2D eigenvalue weighted by Gasteiger charge is 2.01. The Hall–Kier alpha value is -2.01. The minimum atomic E-state index is -0.241. The van der Waals surface area contributed by atoms with E-state index in [-0.39, 0.29) is 5.91 Å². The van der Waals surface area contributed by atoms with Gasteiger partial charge in [0.25, 0.3) is 5.91 Å². The van der Waals surface area contributed by atoms with Gasteiger partial charge >= 0.3 is 0 Å². The predicted molar refractivity (Wildman–Crippen MR) is 63.6 cm³/mol. The lowest BCUT2D eigenvalue weighted by Gasteiger charge is -1.97. The van der Waals surface area contributed by atoms with Crippen LogP contribution in [-0.4, -0.2) is 17.1 Å². The number of aromatic nitrogens is 1. The van der Waals surface area contributed by atoms with Crippen molar-refractivity contribution in [3.63, 3.8) is 0 Å². The average molecular weight is 231 g/mol. The van der Waals surface area contributed by atoms with E-state index in [0.29, 0.717) is 5.56 Å². The summed E-state index contributed by atoms with van der Waals surface area (Å²) in [6, 6.07) is 7.12. The highest BCUT2D eigenvalue weighted by atomic mass is 32.1. The Morgan fingerprint density at radius 2 is 2.19 bits per heavy atom. The maximum Gasteiger partial charge on any atom is 0.271 e. The van der Waals surface area contributed by atoms with Crippen LogP contribution in [0, 0.1) is 0 Å². The monoisotopic (exact) mass is 231 g/mol. The van der Waals surface area contributed by atoms with Crippen LogP contribution < -0.4 is 5.43 Å². The molecule has 5 heteroatoms. The number of hydrogen-bond acceptors (Lipinski definition) is 4. The Balaban J connectivity index is 1.94. The van der Waals surface area contributed by atoms with E-state index < -0.39 is 0 Å². The molecule has 0 unspecified atom stereocenters. The molecule has 1 amide bonds. The number of pyridine rings is 1. The van der Waals surface area contributed by atoms with Crippen LogP contribution in [-0.2, 0) is 0 Å². The molecule has 1 N–H and O–H groups in total. The van der Waals surface area contributed by atoms with Crippen molar-refractivity contribution in [2.45, 2.75) is 0 Å². The molecule has 4 nitrogen and oxygen atoms in total. The van der Waals surface area contributed by atoms with E-state index in [1.165, 1.54) is 0 Å². The van der Waals surface area contributed by atoms with E-state index in [4.69, 9.17) is 0 Å². The molecule has 0 radical (unpaired) electrons. The van der Waals surface area contributed by atoms with Crippen molar-refractivity contribution >= 4 is 23.5 Å². The van der Waals surface area contributed by atoms with E-state index in [9.17, 15) is 4.79 Å². The van der Waals surface area contributed by atoms with Crippen LogP contribution in [0.5, 0.6) is 0 Å². The standard InChI is InChI=1S/C11H9N3OS/c15-11(9-3-5-12-6-4-9)14-13-8-10-2-1-7-16-10/h1-8H,(H,14,15)/b13-8-. The van der Waals surface area contributed by atoms with Crippen molar-refractivity contribution in [2.24, 2.45) is 5.10 Å². The molecule has 0 aromatic carbocycles. The molecule has 2 aromatic rings. The summed E-state index contributed by atoms with van der Waals surface area (Å²) in [7, 11) is 0. The fourth-order valence-corrected chi connectivity index (χ4v) is 1.67. The van der Waals surface area contributed by atoms with E-state index in [1.807, 2.05) is 17.5 Å². The summed E-state index contributed by atoms with van der Waals surface area (Å²) in [6.45, 7) is 0. The van der Waals surface area contributed by atoms with Gasteiger partial charge in [0.1, 0.15) is 0 Å². The number of nitrogens with zero attached hydrogens (tertiary/aromatic N) is 2. The Kier molecular flexibility index (Phi) is 3.40. The van der Waals surface area contributed by atoms with Crippen LogP contribution in [0.4, 0.5) is 0 Å². The van der Waals surface area contributed by atoms with Gasteiger partial charge < -0.3 is 0 Å². The smallest absolute Gasteiger partial charge is 0.267 e. The number of carbonyl (C=O) groups is 1. The van der Waals surface area contributed by atoms with Crippen LogP contribution in [0.15, 0.2) is 47.1 Å². The highest BCUT2D eigenvalue weighted by Crippen LogP contribution is 2.04. The lowest BCUT2D eigenvalue weighted by atomic mass is 10.3. The van der Waals surface area contributed by atoms with E-state index in [0.717, 1.165) is 4.88 Å². The first kappa shape index (κ1) is 10.5. The zero-order chi connectivity index (χ0) is 11.2. The molecule has 2 heterocycles. The van der Waals surface area contributed by atoms with Gasteiger partial charge in [-0.15, -0.1) is 11.3 Å². The second-order valence-corrected chi connectivity index (χ2v) is 3.93. The zero-order valence-corrected chi connectivity index (χ0v) is 9.15. The van der Waals surface area contributed by atoms with Crippen molar-refractivity contribution < 1.29 is 4.79 Å². The third-order valence-corrected chi connectivity index (χ3v) is 2.65. The molecule has 0 bridgehead atoms. The first-order valence-corrected chi connectivity index (χ1v) is 5.51. The molecule has 0 spiro atoms. The molecular formula is C11H9N3OS. The molecule has 80 valence electrons. The van der Waals surface area contributed by atoms with Crippen molar-refractivity contribution in [1.29, 1.82) is 0 Å². The highest BCUT2D eigenvalue weighted by molar-refractivity contribution is 7.11. The minimum Gasteiger partial charge on any atom is -0.267 e. The van der Waals surface area contributed by atoms with Crippen molar-refractivity contribution in [2.75, 3.05) is 0 Å². The zero-order valence-electron chi connectivity index (χ0n) is 8.33. The number of rotatable bonds is 3. The van der Waals surface area contributed by atoms with Crippen LogP contribution in [0.2, 0.25) is 0 Å². The molecule has 0 aliphatic heterocycles. The lowest BCUT2D eigenvalue weighted by Crippen LogP contribution is -2.17. The fourth-order valence-electron chi connectivity index (χ4n) is 1.09. The number of hydrogen-bond donors (Lipinski definition) is 1. The molecule has 2 aromatic heterocycles. The van der Waals surface area contributed by atoms with Crippen LogP contribution in [0.3, 0.4) is 0 Å². The molecule has 0 aliphatic rings. The molecule has 0 aliphatic carbocycles. The average Bonchev–Trinajstić information content (AvgIpc) is 2.83. The summed E-state index contributed by atoms with van der Waals surface area (Å²) in [6.07, 6.45) is 4.75. The Bertz CT molecular complexity index is 479. The quantitative estimate of drug-likeness (QED) is 0.648. The van der Waals surface area contributed by atoms with Gasteiger partial charge in [-0.1, -0.05) is 6.07 Å². The number of hydrazone groups is 1. The molecule has 16 heavy (non-hydrogen) atoms. The summed E-state index contributed by atoms with van der Waals surface area (Å²) in [5.41, 5.74) is 2.99. The molecule has 2 rings (SSSR count). The van der Waals surface area contributed by atoms with Crippen molar-refractivity contribution in [3.05, 3.63) is 52.5 Å². The summed E-state index contributed by atoms with van der Waals surface area (Å²) in [4.78, 5) is 16.4. The molecule has 0 saturated heterocycles. The van der Waals surface area contributed by atoms with Crippen LogP contribution in [0.1, 0.15) is 15.2 Å². The van der Waals surface area contributed by atoms with Gasteiger partial charge in [-0.25, -0.2) is 5.43 Å². The largest absolute Gasteiger partial charge is 0.271 e. The number of nitrogens with one attached hydrogen (secondary N) is 1. The van der Waals surface area contributed by atoms with Crippen molar-refractivity contribution in [3.8, 4) is 0 Å². The summed E-state index contributed by atoms with van der Waals surface area (Å²) < 4.78 is 0. The minimum absolute atomic E-state index is 0.241. The normalized spacial score (nSPS) is 10.5. The van der Waals surface area contributed by atoms with Crippen molar-refractivity contribution in [1.82, 2.24) is 10.4 Å². The lowest BCUT2D eigenvalue weighted by molar-refractivity contribution is 0.0955. The van der Waals surface area contributed by atoms with E-state index in [1.54, 1.807) is 42.1 Å². The van der Waals surface area contributed by atoms with E-state index in [2.05, 4.69) is 15.5 Å². The van der Waals surface area contributed by atoms with Crippen LogP contribution in [0.25, 0.3) is 0 Å². The third kappa shape index (κ3) is 2.74. The molecular weight excluding hydrogens is 222 g/mol. The van der Waals surface area contributed by atoms with Gasteiger partial charge in [0.05, 0.1) is 6.21 Å². The fraction of sp³-hybridized carbons (Fsp3) is 0. The number of thiophene rings is 1. The molecule has 0 saturated carbocycles. The third-order valence-electron chi connectivity index (χ3n) is 1.84. The first-order chi connectivity index (χ1) is 7.86. The molecule has 0 atom stereocenters. The van der Waals surface area contributed by atoms with Crippen LogP contribution >= 0.6 is 11.3 Å². The van der Waals surface area contributed by atoms with Gasteiger partial charge in [0.15, 0.2) is 0 Å². The topological polar surface area (TPSA) is 54.4 Å². The van der Waals surface area contributed by atoms with Gasteiger partial charge in [-0.05, 0) is 23.6 Å². The maximum absolute atomic E-state index is 11.5. The predicted octanol–water partition coefficient (Wildman–Crippen LogP) is 1.91. The summed E-state index contributed by atoms with van der Waals surface area (Å²) in [5, 5.41) is 5.81. The Morgan fingerprint density at radius 1 is 1.38 bits per heavy atom. The second-order valence-electron chi connectivity index (χ2n) is 2.95. The maximum atomic E-state index is 11.5. The summed E-state index contributed by atoms with van der Waals surface area (Å²) in [5.74, 6) is -0.241. The van der Waals surface area contributed by atoms with Gasteiger partial charge in [-0.3, -0.25) is 9.78 Å².